The molecule has 108 valence electrons. The van der Waals surface area contributed by atoms with Crippen LogP contribution in [-0.2, 0) is 0 Å². The van der Waals surface area contributed by atoms with Crippen molar-refractivity contribution in [3.05, 3.63) is 30.3 Å². The number of pyridine rings is 1. The minimum Gasteiger partial charge on any atom is -0.497 e. The van der Waals surface area contributed by atoms with Gasteiger partial charge in [0.05, 0.1) is 12.8 Å². The van der Waals surface area contributed by atoms with E-state index >= 15 is 0 Å². The van der Waals surface area contributed by atoms with Crippen LogP contribution in [0.15, 0.2) is 30.3 Å². The van der Waals surface area contributed by atoms with Gasteiger partial charge in [0.25, 0.3) is 0 Å². The van der Waals surface area contributed by atoms with Gasteiger partial charge in [-0.25, -0.2) is 4.98 Å². The molecule has 0 unspecified atom stereocenters. The highest BCUT2D eigenvalue weighted by Gasteiger charge is 2.12. The van der Waals surface area contributed by atoms with Crippen molar-refractivity contribution in [3.63, 3.8) is 0 Å². The maximum absolute atomic E-state index is 5.92. The summed E-state index contributed by atoms with van der Waals surface area (Å²) in [5.74, 6) is 1.57. The molecular weight excluding hydrogens is 266 g/mol. The average molecular weight is 283 g/mol. The molecule has 0 radical (unpaired) electrons. The minimum absolute atomic E-state index is 0.378. The van der Waals surface area contributed by atoms with E-state index in [4.69, 9.17) is 16.2 Å². The Balaban J connectivity index is 2.20. The van der Waals surface area contributed by atoms with Gasteiger partial charge in [-0.1, -0.05) is 0 Å². The molecule has 2 heterocycles. The van der Waals surface area contributed by atoms with Gasteiger partial charge >= 0.3 is 0 Å². The van der Waals surface area contributed by atoms with E-state index in [-0.39, 0.29) is 0 Å². The summed E-state index contributed by atoms with van der Waals surface area (Å²) in [6.45, 7) is 0. The Bertz CT molecular complexity index is 809. The zero-order valence-corrected chi connectivity index (χ0v) is 11.9. The maximum atomic E-state index is 5.92. The molecule has 2 aromatic heterocycles. The number of benzene rings is 1. The summed E-state index contributed by atoms with van der Waals surface area (Å²) in [6, 6.07) is 9.72. The Kier molecular flexibility index (Phi) is 3.06. The van der Waals surface area contributed by atoms with E-state index in [1.165, 1.54) is 0 Å². The molecule has 0 fully saturated rings. The molecule has 6 nitrogen and oxygen atoms in total. The highest BCUT2D eigenvalue weighted by Crippen LogP contribution is 2.34. The number of nitrogens with two attached hydrogens (primary N) is 2. The zero-order chi connectivity index (χ0) is 15.0. The van der Waals surface area contributed by atoms with Crippen molar-refractivity contribution in [2.24, 2.45) is 0 Å². The average Bonchev–Trinajstić information content (AvgIpc) is 2.89. The van der Waals surface area contributed by atoms with Gasteiger partial charge in [-0.3, -0.25) is 0 Å². The lowest BCUT2D eigenvalue weighted by molar-refractivity contribution is 0.415. The van der Waals surface area contributed by atoms with Crippen molar-refractivity contribution in [2.75, 3.05) is 30.9 Å². The van der Waals surface area contributed by atoms with Crippen LogP contribution in [0.2, 0.25) is 0 Å². The van der Waals surface area contributed by atoms with Crippen LogP contribution >= 0.6 is 0 Å². The fourth-order valence-electron chi connectivity index (χ4n) is 2.44. The van der Waals surface area contributed by atoms with Crippen LogP contribution in [0.4, 0.5) is 17.3 Å². The van der Waals surface area contributed by atoms with Crippen molar-refractivity contribution >= 4 is 28.2 Å². The molecule has 0 spiro atoms. The van der Waals surface area contributed by atoms with E-state index in [0.29, 0.717) is 11.6 Å². The monoisotopic (exact) mass is 283 g/mol. The highest BCUT2D eigenvalue weighted by molar-refractivity contribution is 5.92. The van der Waals surface area contributed by atoms with Gasteiger partial charge in [-0.2, -0.15) is 0 Å². The molecule has 0 saturated heterocycles. The maximum Gasteiger partial charge on any atom is 0.149 e. The first-order valence-electron chi connectivity index (χ1n) is 6.53. The van der Waals surface area contributed by atoms with E-state index in [0.717, 1.165) is 33.6 Å². The molecule has 1 aromatic carbocycles. The minimum atomic E-state index is 0.378. The van der Waals surface area contributed by atoms with Crippen LogP contribution in [0.25, 0.3) is 22.2 Å². The fourth-order valence-corrected chi connectivity index (χ4v) is 2.44. The Morgan fingerprint density at radius 2 is 2.00 bits per heavy atom. The number of methoxy groups -OCH3 is 1. The Morgan fingerprint density at radius 1 is 1.19 bits per heavy atom. The highest BCUT2D eigenvalue weighted by atomic mass is 16.5. The standard InChI is InChI=1S/C15H17N5O/c1-18-14-10(7-13(16)20-15(14)17)12-5-8-3-4-9(21-2)6-11(8)19-12/h3-7,18-19H,1-2H3,(H4,16,17,20). The molecule has 6 heteroatoms. The van der Waals surface area contributed by atoms with E-state index in [2.05, 4.69) is 15.3 Å². The fraction of sp³-hybridized carbons (Fsp3) is 0.133. The Labute approximate surface area is 122 Å². The molecule has 3 aromatic rings. The molecule has 21 heavy (non-hydrogen) atoms. The van der Waals surface area contributed by atoms with Crippen LogP contribution < -0.4 is 21.5 Å². The number of fused-ring (bicyclic) bond motifs is 1. The van der Waals surface area contributed by atoms with Crippen molar-refractivity contribution in [1.82, 2.24) is 9.97 Å². The quantitative estimate of drug-likeness (QED) is 0.591. The summed E-state index contributed by atoms with van der Waals surface area (Å²) in [5, 5.41) is 4.15. The lowest BCUT2D eigenvalue weighted by atomic mass is 10.1. The summed E-state index contributed by atoms with van der Waals surface area (Å²) < 4.78 is 5.24. The summed E-state index contributed by atoms with van der Waals surface area (Å²) in [4.78, 5) is 7.43. The Hall–Kier alpha value is -2.89. The molecule has 6 N–H and O–H groups in total. The SMILES string of the molecule is CNc1c(-c2cc3ccc(OC)cc3[nH]2)cc(N)nc1N. The topological polar surface area (TPSA) is 102 Å². The van der Waals surface area contributed by atoms with Crippen LogP contribution in [0.5, 0.6) is 5.75 Å². The summed E-state index contributed by atoms with van der Waals surface area (Å²) in [6.07, 6.45) is 0. The number of nitrogen functional groups attached to an aromatic ring is 2. The number of aromatic nitrogens is 2. The smallest absolute Gasteiger partial charge is 0.149 e. The number of anilines is 3. The first-order chi connectivity index (χ1) is 10.1. The molecule has 0 amide bonds. The van der Waals surface area contributed by atoms with Gasteiger partial charge in [0, 0.05) is 35.3 Å². The van der Waals surface area contributed by atoms with E-state index in [1.807, 2.05) is 24.3 Å². The van der Waals surface area contributed by atoms with Crippen molar-refractivity contribution in [2.45, 2.75) is 0 Å². The molecule has 0 aliphatic carbocycles. The molecule has 0 atom stereocenters. The number of hydrogen-bond acceptors (Lipinski definition) is 5. The number of rotatable bonds is 3. The normalized spacial score (nSPS) is 10.8. The number of aromatic amines is 1. The van der Waals surface area contributed by atoms with Crippen LogP contribution in [0, 0.1) is 0 Å². The van der Waals surface area contributed by atoms with Gasteiger partial charge in [0.1, 0.15) is 17.4 Å². The molecule has 3 rings (SSSR count). The van der Waals surface area contributed by atoms with E-state index < -0.39 is 0 Å². The molecule has 0 saturated carbocycles. The molecule has 0 bridgehead atoms. The van der Waals surface area contributed by atoms with Gasteiger partial charge in [0.15, 0.2) is 0 Å². The lowest BCUT2D eigenvalue weighted by Gasteiger charge is -2.11. The summed E-state index contributed by atoms with van der Waals surface area (Å²) in [7, 11) is 3.45. The predicted molar refractivity (Wildman–Crippen MR) is 86.5 cm³/mol. The van der Waals surface area contributed by atoms with E-state index in [9.17, 15) is 0 Å². The van der Waals surface area contributed by atoms with Crippen LogP contribution in [0.1, 0.15) is 0 Å². The third kappa shape index (κ3) is 2.20. The number of nitrogens with zero attached hydrogens (tertiary/aromatic N) is 1. The number of H-pyrrole nitrogens is 1. The number of ether oxygens (including phenoxy) is 1. The third-order valence-corrected chi connectivity index (χ3v) is 3.44. The van der Waals surface area contributed by atoms with Gasteiger partial charge in [-0.15, -0.1) is 0 Å². The van der Waals surface area contributed by atoms with Gasteiger partial charge in [0.2, 0.25) is 0 Å². The first-order valence-corrected chi connectivity index (χ1v) is 6.53. The molecular formula is C15H17N5O. The summed E-state index contributed by atoms with van der Waals surface area (Å²) >= 11 is 0. The predicted octanol–water partition coefficient (Wildman–Crippen LogP) is 2.44. The second kappa shape index (κ2) is 4.90. The lowest BCUT2D eigenvalue weighted by Crippen LogP contribution is -2.03. The van der Waals surface area contributed by atoms with Crippen molar-refractivity contribution in [1.29, 1.82) is 0 Å². The van der Waals surface area contributed by atoms with Gasteiger partial charge in [-0.05, 0) is 24.3 Å². The third-order valence-electron chi connectivity index (χ3n) is 3.44. The number of nitrogens with one attached hydrogen (secondary N) is 2. The van der Waals surface area contributed by atoms with Crippen molar-refractivity contribution in [3.8, 4) is 17.0 Å². The van der Waals surface area contributed by atoms with E-state index in [1.54, 1.807) is 20.2 Å². The second-order valence-electron chi connectivity index (χ2n) is 4.74. The molecule has 0 aliphatic heterocycles. The number of hydrogen-bond donors (Lipinski definition) is 4. The van der Waals surface area contributed by atoms with Crippen LogP contribution in [0.3, 0.4) is 0 Å². The Morgan fingerprint density at radius 3 is 2.71 bits per heavy atom. The first kappa shape index (κ1) is 13.1. The van der Waals surface area contributed by atoms with Crippen molar-refractivity contribution < 1.29 is 4.74 Å². The largest absolute Gasteiger partial charge is 0.497 e. The molecule has 0 aliphatic rings. The summed E-state index contributed by atoms with van der Waals surface area (Å²) in [5.41, 5.74) is 15.3. The second-order valence-corrected chi connectivity index (χ2v) is 4.74. The van der Waals surface area contributed by atoms with Crippen LogP contribution in [-0.4, -0.2) is 24.1 Å². The van der Waals surface area contributed by atoms with Gasteiger partial charge < -0.3 is 26.5 Å². The zero-order valence-electron chi connectivity index (χ0n) is 11.9.